The van der Waals surface area contributed by atoms with Crippen molar-refractivity contribution in [2.75, 3.05) is 11.1 Å². The van der Waals surface area contributed by atoms with E-state index in [0.29, 0.717) is 0 Å². The van der Waals surface area contributed by atoms with Crippen LogP contribution >= 0.6 is 27.7 Å². The number of hydrogen-bond donors (Lipinski definition) is 1. The largest absolute Gasteiger partial charge is 0.325 e. The van der Waals surface area contributed by atoms with Crippen molar-refractivity contribution < 1.29 is 4.79 Å². The van der Waals surface area contributed by atoms with E-state index >= 15 is 0 Å². The van der Waals surface area contributed by atoms with Crippen LogP contribution in [0, 0.1) is 6.92 Å². The number of benzene rings is 1. The highest BCUT2D eigenvalue weighted by atomic mass is 79.9. The van der Waals surface area contributed by atoms with E-state index in [1.807, 2.05) is 32.0 Å². The van der Waals surface area contributed by atoms with Gasteiger partial charge in [-0.3, -0.25) is 4.79 Å². The van der Waals surface area contributed by atoms with Crippen molar-refractivity contribution in [2.24, 2.45) is 0 Å². The smallest absolute Gasteiger partial charge is 0.240 e. The van der Waals surface area contributed by atoms with E-state index in [4.69, 9.17) is 0 Å². The van der Waals surface area contributed by atoms with E-state index < -0.39 is 0 Å². The molecule has 1 aliphatic rings. The van der Waals surface area contributed by atoms with E-state index in [0.717, 1.165) is 34.3 Å². The average Bonchev–Trinajstić information content (AvgIpc) is 2.72. The van der Waals surface area contributed by atoms with E-state index in [1.54, 1.807) is 11.8 Å². The van der Waals surface area contributed by atoms with Gasteiger partial charge in [0.25, 0.3) is 0 Å². The van der Waals surface area contributed by atoms with Crippen LogP contribution in [0.5, 0.6) is 0 Å². The molecule has 1 fully saturated rings. The minimum Gasteiger partial charge on any atom is -0.325 e. The van der Waals surface area contributed by atoms with Gasteiger partial charge >= 0.3 is 0 Å². The fourth-order valence-electron chi connectivity index (χ4n) is 1.94. The van der Waals surface area contributed by atoms with Gasteiger partial charge in [0.15, 0.2) is 0 Å². The van der Waals surface area contributed by atoms with Crippen LogP contribution in [0.3, 0.4) is 0 Å². The summed E-state index contributed by atoms with van der Waals surface area (Å²) < 4.78 is 0.818. The normalized spacial score (nSPS) is 23.7. The average molecular weight is 314 g/mol. The fourth-order valence-corrected chi connectivity index (χ4v) is 3.40. The van der Waals surface area contributed by atoms with Crippen molar-refractivity contribution in [1.82, 2.24) is 0 Å². The molecule has 0 spiro atoms. The lowest BCUT2D eigenvalue weighted by molar-refractivity contribution is -0.118. The summed E-state index contributed by atoms with van der Waals surface area (Å²) in [6.45, 7) is 4.05. The lowest BCUT2D eigenvalue weighted by atomic mass is 10.0. The Morgan fingerprint density at radius 1 is 1.53 bits per heavy atom. The number of carbonyl (C=O) groups excluding carboxylic acids is 1. The van der Waals surface area contributed by atoms with Gasteiger partial charge in [0.05, 0.1) is 4.75 Å². The second-order valence-electron chi connectivity index (χ2n) is 4.60. The molecular formula is C13H16BrNOS. The summed E-state index contributed by atoms with van der Waals surface area (Å²) in [6.07, 6.45) is 2.10. The molecule has 2 nitrogen and oxygen atoms in total. The minimum atomic E-state index is -0.249. The van der Waals surface area contributed by atoms with E-state index in [1.165, 1.54) is 0 Å². The summed E-state index contributed by atoms with van der Waals surface area (Å²) in [7, 11) is 0. The zero-order valence-electron chi connectivity index (χ0n) is 10.0. The Kier molecular flexibility index (Phi) is 3.83. The van der Waals surface area contributed by atoms with Crippen LogP contribution in [0.2, 0.25) is 0 Å². The highest BCUT2D eigenvalue weighted by molar-refractivity contribution is 9.10. The first-order chi connectivity index (χ1) is 8.01. The Morgan fingerprint density at radius 2 is 2.29 bits per heavy atom. The van der Waals surface area contributed by atoms with Crippen LogP contribution in [0.1, 0.15) is 25.3 Å². The Labute approximate surface area is 115 Å². The van der Waals surface area contributed by atoms with Gasteiger partial charge in [-0.15, -0.1) is 11.8 Å². The molecular weight excluding hydrogens is 298 g/mol. The van der Waals surface area contributed by atoms with Crippen molar-refractivity contribution >= 4 is 39.3 Å². The monoisotopic (exact) mass is 313 g/mol. The minimum absolute atomic E-state index is 0.127. The van der Waals surface area contributed by atoms with Crippen LogP contribution < -0.4 is 5.32 Å². The highest BCUT2D eigenvalue weighted by Crippen LogP contribution is 2.38. The first-order valence-electron chi connectivity index (χ1n) is 5.73. The SMILES string of the molecule is Cc1cc(NC(=O)C2(C)CCCS2)ccc1Br. The lowest BCUT2D eigenvalue weighted by Gasteiger charge is -2.21. The standard InChI is InChI=1S/C13H16BrNOS/c1-9-8-10(4-5-11(9)14)15-12(16)13(2)6-3-7-17-13/h4-5,8H,3,6-7H2,1-2H3,(H,15,16). The first-order valence-corrected chi connectivity index (χ1v) is 7.51. The number of carbonyl (C=O) groups is 1. The number of halogens is 1. The predicted octanol–water partition coefficient (Wildman–Crippen LogP) is 3.98. The zero-order valence-corrected chi connectivity index (χ0v) is 12.5. The number of rotatable bonds is 2. The third kappa shape index (κ3) is 2.86. The van der Waals surface area contributed by atoms with Crippen molar-refractivity contribution in [3.8, 4) is 0 Å². The van der Waals surface area contributed by atoms with Crippen LogP contribution in [-0.4, -0.2) is 16.4 Å². The van der Waals surface area contributed by atoms with Crippen LogP contribution in [0.15, 0.2) is 22.7 Å². The van der Waals surface area contributed by atoms with E-state index in [2.05, 4.69) is 21.2 Å². The van der Waals surface area contributed by atoms with Gasteiger partial charge in [-0.05, 0) is 56.2 Å². The highest BCUT2D eigenvalue weighted by Gasteiger charge is 2.37. The summed E-state index contributed by atoms with van der Waals surface area (Å²) in [6, 6.07) is 5.89. The summed E-state index contributed by atoms with van der Waals surface area (Å²) >= 11 is 5.21. The molecule has 0 saturated carbocycles. The van der Waals surface area contributed by atoms with Gasteiger partial charge in [-0.2, -0.15) is 0 Å². The molecule has 1 aromatic carbocycles. The molecule has 92 valence electrons. The zero-order chi connectivity index (χ0) is 12.5. The molecule has 1 aliphatic heterocycles. The molecule has 1 N–H and O–H groups in total. The molecule has 17 heavy (non-hydrogen) atoms. The topological polar surface area (TPSA) is 29.1 Å². The number of amides is 1. The number of anilines is 1. The number of nitrogens with one attached hydrogen (secondary N) is 1. The van der Waals surface area contributed by atoms with Crippen LogP contribution in [0.25, 0.3) is 0 Å². The Bertz CT molecular complexity index is 441. The molecule has 1 saturated heterocycles. The summed E-state index contributed by atoms with van der Waals surface area (Å²) in [5.74, 6) is 1.21. The molecule has 0 bridgehead atoms. The maximum atomic E-state index is 12.2. The number of hydrogen-bond acceptors (Lipinski definition) is 2. The number of thioether (sulfide) groups is 1. The molecule has 1 heterocycles. The molecule has 0 aliphatic carbocycles. The molecule has 0 aromatic heterocycles. The van der Waals surface area contributed by atoms with Gasteiger partial charge in [-0.1, -0.05) is 15.9 Å². The van der Waals surface area contributed by atoms with Crippen molar-refractivity contribution in [3.05, 3.63) is 28.2 Å². The molecule has 1 aromatic rings. The Morgan fingerprint density at radius 3 is 2.88 bits per heavy atom. The van der Waals surface area contributed by atoms with Crippen molar-refractivity contribution in [1.29, 1.82) is 0 Å². The summed E-state index contributed by atoms with van der Waals surface area (Å²) in [5, 5.41) is 3.01. The summed E-state index contributed by atoms with van der Waals surface area (Å²) in [4.78, 5) is 12.2. The van der Waals surface area contributed by atoms with Gasteiger partial charge in [0.2, 0.25) is 5.91 Å². The Balaban J connectivity index is 2.10. The third-order valence-corrected chi connectivity index (χ3v) is 5.52. The quantitative estimate of drug-likeness (QED) is 0.894. The second-order valence-corrected chi connectivity index (χ2v) is 7.05. The summed E-state index contributed by atoms with van der Waals surface area (Å²) in [5.41, 5.74) is 2.01. The lowest BCUT2D eigenvalue weighted by Crippen LogP contribution is -2.34. The van der Waals surface area contributed by atoms with Gasteiger partial charge in [0, 0.05) is 10.2 Å². The molecule has 2 rings (SSSR count). The van der Waals surface area contributed by atoms with E-state index in [-0.39, 0.29) is 10.7 Å². The molecule has 1 atom stereocenters. The van der Waals surface area contributed by atoms with Crippen molar-refractivity contribution in [3.63, 3.8) is 0 Å². The maximum absolute atomic E-state index is 12.2. The van der Waals surface area contributed by atoms with Gasteiger partial charge in [0.1, 0.15) is 0 Å². The second kappa shape index (κ2) is 5.02. The van der Waals surface area contributed by atoms with E-state index in [9.17, 15) is 4.79 Å². The van der Waals surface area contributed by atoms with Gasteiger partial charge in [-0.25, -0.2) is 0 Å². The maximum Gasteiger partial charge on any atom is 0.240 e. The predicted molar refractivity (Wildman–Crippen MR) is 77.6 cm³/mol. The van der Waals surface area contributed by atoms with Crippen molar-refractivity contribution in [2.45, 2.75) is 31.4 Å². The fraction of sp³-hybridized carbons (Fsp3) is 0.462. The van der Waals surface area contributed by atoms with Gasteiger partial charge < -0.3 is 5.32 Å². The van der Waals surface area contributed by atoms with Crippen LogP contribution in [0.4, 0.5) is 5.69 Å². The van der Waals surface area contributed by atoms with Crippen LogP contribution in [-0.2, 0) is 4.79 Å². The first kappa shape index (κ1) is 13.0. The Hall–Kier alpha value is -0.480. The molecule has 4 heteroatoms. The molecule has 1 unspecified atom stereocenters. The number of aryl methyl sites for hydroxylation is 1. The molecule has 0 radical (unpaired) electrons. The third-order valence-electron chi connectivity index (χ3n) is 3.11. The molecule has 1 amide bonds.